The van der Waals surface area contributed by atoms with Crippen LogP contribution in [0.3, 0.4) is 0 Å². The molecule has 0 saturated carbocycles. The quantitative estimate of drug-likeness (QED) is 0.571. The maximum absolute atomic E-state index is 13.4. The molecule has 0 radical (unpaired) electrons. The molecule has 1 fully saturated rings. The summed E-state index contributed by atoms with van der Waals surface area (Å²) in [5.74, 6) is -0.244. The van der Waals surface area contributed by atoms with E-state index in [4.69, 9.17) is 0 Å². The zero-order valence-electron chi connectivity index (χ0n) is 14.9. The first-order chi connectivity index (χ1) is 13.4. The number of hydrogen-bond acceptors (Lipinski definition) is 6. The summed E-state index contributed by atoms with van der Waals surface area (Å²) in [6.07, 6.45) is 1.12. The topological polar surface area (TPSA) is 83.5 Å². The Morgan fingerprint density at radius 1 is 1.21 bits per heavy atom. The van der Waals surface area contributed by atoms with Crippen LogP contribution in [-0.2, 0) is 14.8 Å². The molecular weight excluding hydrogens is 464 g/mol. The van der Waals surface area contributed by atoms with Crippen molar-refractivity contribution in [3.8, 4) is 0 Å². The number of hydrogen-bond donors (Lipinski definition) is 0. The molecule has 1 atom stereocenters. The van der Waals surface area contributed by atoms with Crippen LogP contribution in [-0.4, -0.2) is 47.0 Å². The Labute approximate surface area is 175 Å². The van der Waals surface area contributed by atoms with Gasteiger partial charge in [0.05, 0.1) is 11.7 Å². The molecule has 1 unspecified atom stereocenters. The van der Waals surface area contributed by atoms with Gasteiger partial charge in [-0.2, -0.15) is 13.1 Å². The molecule has 146 valence electrons. The highest BCUT2D eigenvalue weighted by atomic mass is 79.9. The molecule has 1 aromatic heterocycles. The van der Waals surface area contributed by atoms with Gasteiger partial charge in [-0.3, -0.25) is 4.79 Å². The zero-order chi connectivity index (χ0) is 19.9. The number of rotatable bonds is 4. The molecule has 1 aliphatic rings. The lowest BCUT2D eigenvalue weighted by Gasteiger charge is -2.27. The number of carbonyl (C=O) groups excluding carboxylic acids is 1. The maximum atomic E-state index is 13.4. The molecule has 1 amide bonds. The van der Waals surface area contributed by atoms with Gasteiger partial charge in [0, 0.05) is 23.8 Å². The Hall–Kier alpha value is -1.88. The number of likely N-dealkylation sites (N-methyl/N-ethyl adjacent to an activating group) is 1. The predicted molar refractivity (Wildman–Crippen MR) is 112 cm³/mol. The van der Waals surface area contributed by atoms with E-state index in [1.165, 1.54) is 15.3 Å². The third kappa shape index (κ3) is 3.34. The summed E-state index contributed by atoms with van der Waals surface area (Å²) in [6, 6.07) is 11.5. The number of carbonyl (C=O) groups is 1. The van der Waals surface area contributed by atoms with Crippen molar-refractivity contribution < 1.29 is 13.2 Å². The average Bonchev–Trinajstić information content (AvgIpc) is 3.36. The third-order valence-electron chi connectivity index (χ3n) is 4.87. The van der Waals surface area contributed by atoms with E-state index in [2.05, 4.69) is 24.7 Å². The number of anilines is 1. The number of amides is 1. The fourth-order valence-electron chi connectivity index (χ4n) is 3.41. The van der Waals surface area contributed by atoms with Gasteiger partial charge in [-0.05, 0) is 49.2 Å². The highest BCUT2D eigenvalue weighted by molar-refractivity contribution is 9.10. The molecule has 0 N–H and O–H groups in total. The van der Waals surface area contributed by atoms with Crippen molar-refractivity contribution in [1.82, 2.24) is 13.1 Å². The van der Waals surface area contributed by atoms with E-state index in [0.717, 1.165) is 16.2 Å². The second-order valence-corrected chi connectivity index (χ2v) is 9.84. The van der Waals surface area contributed by atoms with E-state index in [1.807, 2.05) is 24.3 Å². The highest BCUT2D eigenvalue weighted by Gasteiger charge is 2.41. The first kappa shape index (κ1) is 19.4. The van der Waals surface area contributed by atoms with Gasteiger partial charge < -0.3 is 4.90 Å². The van der Waals surface area contributed by atoms with Gasteiger partial charge in [0.1, 0.15) is 22.0 Å². The molecule has 0 bridgehead atoms. The molecule has 4 rings (SSSR count). The van der Waals surface area contributed by atoms with Crippen molar-refractivity contribution in [2.24, 2.45) is 0 Å². The number of halogens is 1. The van der Waals surface area contributed by atoms with Crippen molar-refractivity contribution in [3.63, 3.8) is 0 Å². The van der Waals surface area contributed by atoms with E-state index < -0.39 is 16.1 Å². The Bertz CT molecular complexity index is 1130. The lowest BCUT2D eigenvalue weighted by molar-refractivity contribution is -0.121. The minimum Gasteiger partial charge on any atom is -0.314 e. The van der Waals surface area contributed by atoms with Crippen LogP contribution in [0.4, 0.5) is 5.69 Å². The van der Waals surface area contributed by atoms with Crippen LogP contribution in [0.15, 0.2) is 51.8 Å². The summed E-state index contributed by atoms with van der Waals surface area (Å²) in [5.41, 5.74) is 1.61. The predicted octanol–water partition coefficient (Wildman–Crippen LogP) is 3.27. The molecule has 2 aromatic carbocycles. The van der Waals surface area contributed by atoms with Gasteiger partial charge in [-0.25, -0.2) is 8.42 Å². The second kappa shape index (κ2) is 7.51. The van der Waals surface area contributed by atoms with Crippen LogP contribution in [0, 0.1) is 0 Å². The highest BCUT2D eigenvalue weighted by Crippen LogP contribution is 2.31. The fraction of sp³-hybridized carbons (Fsp3) is 0.278. The molecular formula is C18H17BrN4O3S2. The number of sulfonamides is 1. The summed E-state index contributed by atoms with van der Waals surface area (Å²) >= 11 is 4.35. The lowest BCUT2D eigenvalue weighted by Crippen LogP contribution is -2.46. The molecule has 1 saturated heterocycles. The van der Waals surface area contributed by atoms with Crippen molar-refractivity contribution in [3.05, 3.63) is 46.9 Å². The maximum Gasteiger partial charge on any atom is 0.246 e. The summed E-state index contributed by atoms with van der Waals surface area (Å²) in [7, 11) is -2.20. The number of fused-ring (bicyclic) bond motifs is 1. The van der Waals surface area contributed by atoms with Crippen LogP contribution in [0.1, 0.15) is 12.8 Å². The van der Waals surface area contributed by atoms with E-state index in [1.54, 1.807) is 19.2 Å². The van der Waals surface area contributed by atoms with Crippen LogP contribution in [0.5, 0.6) is 0 Å². The Kier molecular flexibility index (Phi) is 5.21. The molecule has 2 heterocycles. The summed E-state index contributed by atoms with van der Waals surface area (Å²) in [4.78, 5) is 14.7. The summed E-state index contributed by atoms with van der Waals surface area (Å²) in [6.45, 7) is 0.306. The molecule has 7 nitrogen and oxygen atoms in total. The summed E-state index contributed by atoms with van der Waals surface area (Å²) in [5, 5.41) is 0. The van der Waals surface area contributed by atoms with E-state index >= 15 is 0 Å². The second-order valence-electron chi connectivity index (χ2n) is 6.54. The van der Waals surface area contributed by atoms with Crippen LogP contribution in [0.2, 0.25) is 0 Å². The molecule has 3 aromatic rings. The first-order valence-corrected chi connectivity index (χ1v) is 11.6. The first-order valence-electron chi connectivity index (χ1n) is 8.66. The standard InChI is InChI=1S/C18H17BrN4O3S2/c1-22(13-9-7-12(19)8-10-13)18(24)15-5-3-11-23(15)28(25,26)16-6-2-4-14-17(16)21-27-20-14/h2,4,6-10,15H,3,5,11H2,1H3. The Balaban J connectivity index is 1.67. The van der Waals surface area contributed by atoms with E-state index in [0.29, 0.717) is 36.1 Å². The van der Waals surface area contributed by atoms with Gasteiger partial charge in [0.2, 0.25) is 15.9 Å². The van der Waals surface area contributed by atoms with Gasteiger partial charge in [0.15, 0.2) is 0 Å². The molecule has 10 heteroatoms. The van der Waals surface area contributed by atoms with Crippen molar-refractivity contribution in [2.75, 3.05) is 18.5 Å². The monoisotopic (exact) mass is 480 g/mol. The van der Waals surface area contributed by atoms with Crippen molar-refractivity contribution in [1.29, 1.82) is 0 Å². The van der Waals surface area contributed by atoms with Gasteiger partial charge >= 0.3 is 0 Å². The SMILES string of the molecule is CN(C(=O)C1CCCN1S(=O)(=O)c1cccc2nsnc12)c1ccc(Br)cc1. The minimum absolute atomic E-state index is 0.102. The van der Waals surface area contributed by atoms with Crippen LogP contribution >= 0.6 is 27.7 Å². The average molecular weight is 481 g/mol. The van der Waals surface area contributed by atoms with E-state index in [9.17, 15) is 13.2 Å². The van der Waals surface area contributed by atoms with Crippen molar-refractivity contribution >= 4 is 60.3 Å². The van der Waals surface area contributed by atoms with E-state index in [-0.39, 0.29) is 10.8 Å². The molecule has 1 aliphatic heterocycles. The molecule has 0 aliphatic carbocycles. The third-order valence-corrected chi connectivity index (χ3v) is 7.88. The largest absolute Gasteiger partial charge is 0.314 e. The minimum atomic E-state index is -3.87. The number of aromatic nitrogens is 2. The fourth-order valence-corrected chi connectivity index (χ4v) is 6.08. The van der Waals surface area contributed by atoms with Gasteiger partial charge in [-0.1, -0.05) is 22.0 Å². The number of benzene rings is 2. The number of nitrogens with zero attached hydrogens (tertiary/aromatic N) is 4. The van der Waals surface area contributed by atoms with Crippen LogP contribution < -0.4 is 4.90 Å². The smallest absolute Gasteiger partial charge is 0.246 e. The van der Waals surface area contributed by atoms with Crippen LogP contribution in [0.25, 0.3) is 11.0 Å². The normalized spacial score (nSPS) is 17.9. The van der Waals surface area contributed by atoms with Crippen molar-refractivity contribution in [2.45, 2.75) is 23.8 Å². The molecule has 0 spiro atoms. The molecule has 28 heavy (non-hydrogen) atoms. The van der Waals surface area contributed by atoms with Gasteiger partial charge in [0.25, 0.3) is 0 Å². The van der Waals surface area contributed by atoms with Gasteiger partial charge in [-0.15, -0.1) is 0 Å². The Morgan fingerprint density at radius 3 is 2.71 bits per heavy atom. The Morgan fingerprint density at radius 2 is 1.96 bits per heavy atom. The zero-order valence-corrected chi connectivity index (χ0v) is 18.2. The summed E-state index contributed by atoms with van der Waals surface area (Å²) < 4.78 is 37.2. The lowest BCUT2D eigenvalue weighted by atomic mass is 10.2.